The third-order valence-corrected chi connectivity index (χ3v) is 4.91. The second-order valence-electron chi connectivity index (χ2n) is 7.13. The molecule has 1 aromatic carbocycles. The average molecular weight is 461 g/mol. The zero-order valence-electron chi connectivity index (χ0n) is 18.3. The summed E-state index contributed by atoms with van der Waals surface area (Å²) >= 11 is 0. The highest BCUT2D eigenvalue weighted by atomic mass is 19.1. The molecule has 2 amide bonds. The van der Waals surface area contributed by atoms with Crippen LogP contribution in [0.15, 0.2) is 12.1 Å². The van der Waals surface area contributed by atoms with E-state index in [4.69, 9.17) is 15.3 Å². The number of anilines is 2. The van der Waals surface area contributed by atoms with Crippen LogP contribution in [0.3, 0.4) is 0 Å². The van der Waals surface area contributed by atoms with E-state index < -0.39 is 30.5 Å². The summed E-state index contributed by atoms with van der Waals surface area (Å²) in [6.45, 7) is 2.22. The molecule has 32 heavy (non-hydrogen) atoms. The standard InChI is InChI=1S/C20H30F3N5O4/c1-3-27(7-8-31-26(2)18(29)12-25-6-4-5-21)19-16(22)9-14(10-17(19)23)28-13-15(11-24)32-20(28)30/h9-10,15,25H,3-8,11-13,24H2,1-2H3/t15-/m0/s1. The van der Waals surface area contributed by atoms with Crippen LogP contribution in [0.2, 0.25) is 0 Å². The lowest BCUT2D eigenvalue weighted by atomic mass is 10.2. The fraction of sp³-hybridized carbons (Fsp3) is 0.600. The van der Waals surface area contributed by atoms with E-state index in [-0.39, 0.29) is 56.6 Å². The number of carbonyl (C=O) groups is 2. The van der Waals surface area contributed by atoms with E-state index in [1.54, 1.807) is 6.92 Å². The molecule has 9 nitrogen and oxygen atoms in total. The van der Waals surface area contributed by atoms with E-state index in [0.29, 0.717) is 13.0 Å². The number of halogens is 3. The van der Waals surface area contributed by atoms with E-state index in [1.165, 1.54) is 11.9 Å². The number of benzene rings is 1. The number of nitrogens with zero attached hydrogens (tertiary/aromatic N) is 3. The van der Waals surface area contributed by atoms with Crippen LogP contribution in [-0.2, 0) is 14.4 Å². The minimum absolute atomic E-state index is 0.00216. The molecule has 0 unspecified atom stereocenters. The third kappa shape index (κ3) is 6.71. The Morgan fingerprint density at radius 2 is 2.06 bits per heavy atom. The second-order valence-corrected chi connectivity index (χ2v) is 7.13. The van der Waals surface area contributed by atoms with Crippen molar-refractivity contribution in [3.63, 3.8) is 0 Å². The summed E-state index contributed by atoms with van der Waals surface area (Å²) in [5.74, 6) is -2.04. The number of hydrogen-bond donors (Lipinski definition) is 2. The van der Waals surface area contributed by atoms with Crippen molar-refractivity contribution in [1.82, 2.24) is 10.4 Å². The van der Waals surface area contributed by atoms with Crippen molar-refractivity contribution in [2.75, 3.05) is 69.4 Å². The molecule has 0 spiro atoms. The van der Waals surface area contributed by atoms with Gasteiger partial charge in [-0.1, -0.05) is 0 Å². The first kappa shape index (κ1) is 25.7. The number of alkyl halides is 1. The fourth-order valence-electron chi connectivity index (χ4n) is 3.15. The van der Waals surface area contributed by atoms with Gasteiger partial charge >= 0.3 is 6.09 Å². The van der Waals surface area contributed by atoms with Crippen molar-refractivity contribution in [2.45, 2.75) is 19.4 Å². The lowest BCUT2D eigenvalue weighted by Crippen LogP contribution is -2.38. The summed E-state index contributed by atoms with van der Waals surface area (Å²) in [6.07, 6.45) is -0.929. The summed E-state index contributed by atoms with van der Waals surface area (Å²) in [4.78, 5) is 31.7. The fourth-order valence-corrected chi connectivity index (χ4v) is 3.15. The zero-order valence-corrected chi connectivity index (χ0v) is 18.3. The highest BCUT2D eigenvalue weighted by Crippen LogP contribution is 2.30. The van der Waals surface area contributed by atoms with Crippen molar-refractivity contribution in [3.8, 4) is 0 Å². The van der Waals surface area contributed by atoms with Crippen molar-refractivity contribution < 1.29 is 32.3 Å². The number of nitrogens with one attached hydrogen (secondary N) is 1. The normalized spacial score (nSPS) is 15.8. The first-order chi connectivity index (χ1) is 15.3. The molecule has 1 heterocycles. The van der Waals surface area contributed by atoms with Gasteiger partial charge in [0.15, 0.2) is 11.6 Å². The Bertz CT molecular complexity index is 763. The molecule has 1 fully saturated rings. The summed E-state index contributed by atoms with van der Waals surface area (Å²) in [6, 6.07) is 2.14. The highest BCUT2D eigenvalue weighted by molar-refractivity contribution is 5.90. The van der Waals surface area contributed by atoms with E-state index >= 15 is 0 Å². The maximum absolute atomic E-state index is 14.8. The molecule has 1 aromatic rings. The molecule has 0 radical (unpaired) electrons. The maximum atomic E-state index is 14.8. The lowest BCUT2D eigenvalue weighted by Gasteiger charge is -2.26. The quantitative estimate of drug-likeness (QED) is 0.339. The number of cyclic esters (lactones) is 1. The summed E-state index contributed by atoms with van der Waals surface area (Å²) in [5.41, 5.74) is 5.27. The van der Waals surface area contributed by atoms with Gasteiger partial charge in [-0.25, -0.2) is 18.6 Å². The van der Waals surface area contributed by atoms with Crippen molar-refractivity contribution >= 4 is 23.4 Å². The van der Waals surface area contributed by atoms with Gasteiger partial charge in [0.2, 0.25) is 0 Å². The molecule has 2 rings (SSSR count). The second kappa shape index (κ2) is 12.5. The van der Waals surface area contributed by atoms with E-state index in [0.717, 1.165) is 22.1 Å². The molecular formula is C20H30F3N5O4. The number of nitrogens with two attached hydrogens (primary N) is 1. The topological polar surface area (TPSA) is 100 Å². The Labute approximate surface area is 185 Å². The number of likely N-dealkylation sites (N-methyl/N-ethyl adjacent to an activating group) is 2. The Kier molecular flexibility index (Phi) is 10.0. The van der Waals surface area contributed by atoms with Gasteiger partial charge in [0.1, 0.15) is 11.8 Å². The van der Waals surface area contributed by atoms with Crippen LogP contribution < -0.4 is 20.9 Å². The lowest BCUT2D eigenvalue weighted by molar-refractivity contribution is -0.176. The molecule has 180 valence electrons. The van der Waals surface area contributed by atoms with Gasteiger partial charge in [0.05, 0.1) is 32.1 Å². The van der Waals surface area contributed by atoms with E-state index in [2.05, 4.69) is 5.32 Å². The van der Waals surface area contributed by atoms with Gasteiger partial charge in [-0.3, -0.25) is 18.9 Å². The third-order valence-electron chi connectivity index (χ3n) is 4.91. The van der Waals surface area contributed by atoms with Gasteiger partial charge in [-0.05, 0) is 19.9 Å². The first-order valence-corrected chi connectivity index (χ1v) is 10.4. The molecule has 0 aliphatic carbocycles. The average Bonchev–Trinajstić information content (AvgIpc) is 3.15. The van der Waals surface area contributed by atoms with Crippen LogP contribution in [0, 0.1) is 11.6 Å². The van der Waals surface area contributed by atoms with Gasteiger partial charge in [0.25, 0.3) is 5.91 Å². The Hall–Kier alpha value is -2.57. The van der Waals surface area contributed by atoms with Gasteiger partial charge in [0, 0.05) is 38.8 Å². The molecule has 1 saturated heterocycles. The molecule has 3 N–H and O–H groups in total. The number of hydrogen-bond acceptors (Lipinski definition) is 7. The predicted octanol–water partition coefficient (Wildman–Crippen LogP) is 1.41. The number of rotatable bonds is 13. The minimum Gasteiger partial charge on any atom is -0.443 e. The molecule has 0 saturated carbocycles. The molecule has 0 bridgehead atoms. The number of ether oxygens (including phenoxy) is 1. The molecule has 0 aromatic heterocycles. The number of amides is 2. The minimum atomic E-state index is -0.840. The maximum Gasteiger partial charge on any atom is 0.414 e. The smallest absolute Gasteiger partial charge is 0.414 e. The largest absolute Gasteiger partial charge is 0.443 e. The Balaban J connectivity index is 1.96. The van der Waals surface area contributed by atoms with Crippen molar-refractivity contribution in [3.05, 3.63) is 23.8 Å². The Morgan fingerprint density at radius 3 is 2.62 bits per heavy atom. The summed E-state index contributed by atoms with van der Waals surface area (Å²) in [5, 5.41) is 3.82. The number of hydroxylamine groups is 2. The highest BCUT2D eigenvalue weighted by Gasteiger charge is 2.32. The van der Waals surface area contributed by atoms with Gasteiger partial charge in [-0.2, -0.15) is 0 Å². The molecular weight excluding hydrogens is 431 g/mol. The van der Waals surface area contributed by atoms with Crippen molar-refractivity contribution in [1.29, 1.82) is 0 Å². The molecule has 12 heteroatoms. The van der Waals surface area contributed by atoms with E-state index in [9.17, 15) is 22.8 Å². The van der Waals surface area contributed by atoms with Crippen LogP contribution in [0.25, 0.3) is 0 Å². The van der Waals surface area contributed by atoms with Crippen LogP contribution >= 0.6 is 0 Å². The van der Waals surface area contributed by atoms with Crippen LogP contribution in [-0.4, -0.2) is 82.8 Å². The van der Waals surface area contributed by atoms with Gasteiger partial charge < -0.3 is 20.7 Å². The van der Waals surface area contributed by atoms with Crippen molar-refractivity contribution in [2.24, 2.45) is 5.73 Å². The van der Waals surface area contributed by atoms with Gasteiger partial charge in [-0.15, -0.1) is 0 Å². The Morgan fingerprint density at radius 1 is 1.38 bits per heavy atom. The molecule has 1 atom stereocenters. The van der Waals surface area contributed by atoms with Crippen LogP contribution in [0.1, 0.15) is 13.3 Å². The van der Waals surface area contributed by atoms with E-state index in [1.807, 2.05) is 0 Å². The zero-order chi connectivity index (χ0) is 23.7. The summed E-state index contributed by atoms with van der Waals surface area (Å²) in [7, 11) is 1.43. The SMILES string of the molecule is CCN(CCON(C)C(=O)CNCCCF)c1c(F)cc(N2C[C@H](CN)OC2=O)cc1F. The monoisotopic (exact) mass is 461 g/mol. The molecule has 1 aliphatic rings. The van der Waals surface area contributed by atoms with Crippen LogP contribution in [0.4, 0.5) is 29.3 Å². The first-order valence-electron chi connectivity index (χ1n) is 10.4. The summed E-state index contributed by atoms with van der Waals surface area (Å²) < 4.78 is 46.7. The molecule has 1 aliphatic heterocycles. The predicted molar refractivity (Wildman–Crippen MR) is 113 cm³/mol. The number of carbonyl (C=O) groups excluding carboxylic acids is 2. The van der Waals surface area contributed by atoms with Crippen LogP contribution in [0.5, 0.6) is 0 Å².